The molecule has 160 valence electrons. The predicted molar refractivity (Wildman–Crippen MR) is 127 cm³/mol. The number of carbonyl (C=O) groups is 1. The lowest BCUT2D eigenvalue weighted by atomic mass is 9.86. The molecule has 31 heavy (non-hydrogen) atoms. The van der Waals surface area contributed by atoms with Crippen LogP contribution in [0, 0.1) is 5.41 Å². The van der Waals surface area contributed by atoms with Crippen LogP contribution in [0.4, 0.5) is 0 Å². The molecule has 0 N–H and O–H groups in total. The minimum atomic E-state index is 0.200. The molecular weight excluding hydrogens is 380 g/mol. The monoisotopic (exact) mass is 412 g/mol. The van der Waals surface area contributed by atoms with Crippen molar-refractivity contribution in [1.29, 1.82) is 0 Å². The first-order valence-electron chi connectivity index (χ1n) is 11.6. The Morgan fingerprint density at radius 2 is 1.61 bits per heavy atom. The molecule has 0 bridgehead atoms. The highest BCUT2D eigenvalue weighted by Gasteiger charge is 2.54. The largest absolute Gasteiger partial charge is 0.340 e. The van der Waals surface area contributed by atoms with Gasteiger partial charge in [0.2, 0.25) is 5.91 Å². The molecule has 3 aromatic carbocycles. The number of likely N-dealkylation sites (N-methyl/N-ethyl adjacent to an activating group) is 1. The van der Waals surface area contributed by atoms with Gasteiger partial charge in [-0.2, -0.15) is 0 Å². The van der Waals surface area contributed by atoms with Crippen LogP contribution in [0.5, 0.6) is 0 Å². The van der Waals surface area contributed by atoms with E-state index in [1.807, 2.05) is 0 Å². The average Bonchev–Trinajstić information content (AvgIpc) is 3.52. The number of hydrogen-bond donors (Lipinski definition) is 0. The number of amides is 1. The molecular formula is C28H32N2O. The summed E-state index contributed by atoms with van der Waals surface area (Å²) < 4.78 is 0. The Balaban J connectivity index is 1.33. The maximum Gasteiger partial charge on any atom is 0.222 e. The van der Waals surface area contributed by atoms with Gasteiger partial charge in [0.25, 0.3) is 0 Å². The fourth-order valence-corrected chi connectivity index (χ4v) is 5.39. The fourth-order valence-electron chi connectivity index (χ4n) is 5.39. The third kappa shape index (κ3) is 4.38. The van der Waals surface area contributed by atoms with Crippen LogP contribution in [0.2, 0.25) is 0 Å². The van der Waals surface area contributed by atoms with Gasteiger partial charge in [0.1, 0.15) is 0 Å². The average molecular weight is 413 g/mol. The maximum absolute atomic E-state index is 13.0. The lowest BCUT2D eigenvalue weighted by Gasteiger charge is -2.33. The quantitative estimate of drug-likeness (QED) is 0.562. The zero-order valence-electron chi connectivity index (χ0n) is 18.5. The SMILES string of the molecule is CN1CCN(C(=O)CC[C@]2(Cc3ccc4ccccc4c3)C[C@H]2c2ccccc2)CC1. The van der Waals surface area contributed by atoms with E-state index in [2.05, 4.69) is 89.6 Å². The molecule has 2 aliphatic rings. The van der Waals surface area contributed by atoms with Crippen LogP contribution in [-0.2, 0) is 11.2 Å². The van der Waals surface area contributed by atoms with Crippen molar-refractivity contribution in [2.24, 2.45) is 5.41 Å². The molecule has 3 nitrogen and oxygen atoms in total. The van der Waals surface area contributed by atoms with Crippen molar-refractivity contribution >= 4 is 16.7 Å². The third-order valence-corrected chi connectivity index (χ3v) is 7.45. The second-order valence-electron chi connectivity index (χ2n) is 9.57. The molecule has 3 aromatic rings. The molecule has 1 aliphatic carbocycles. The summed E-state index contributed by atoms with van der Waals surface area (Å²) in [5.74, 6) is 0.894. The first kappa shape index (κ1) is 20.3. The van der Waals surface area contributed by atoms with E-state index in [9.17, 15) is 4.79 Å². The van der Waals surface area contributed by atoms with Crippen LogP contribution >= 0.6 is 0 Å². The van der Waals surface area contributed by atoms with Crippen LogP contribution in [0.25, 0.3) is 10.8 Å². The van der Waals surface area contributed by atoms with E-state index < -0.39 is 0 Å². The van der Waals surface area contributed by atoms with Crippen molar-refractivity contribution in [1.82, 2.24) is 9.80 Å². The number of benzene rings is 3. The van der Waals surface area contributed by atoms with Gasteiger partial charge in [0.05, 0.1) is 0 Å². The zero-order chi connectivity index (χ0) is 21.3. The molecule has 1 saturated heterocycles. The molecule has 1 amide bonds. The number of carbonyl (C=O) groups excluding carboxylic acids is 1. The van der Waals surface area contributed by atoms with E-state index >= 15 is 0 Å². The van der Waals surface area contributed by atoms with Gasteiger partial charge in [-0.25, -0.2) is 0 Å². The van der Waals surface area contributed by atoms with Gasteiger partial charge in [0.15, 0.2) is 0 Å². The van der Waals surface area contributed by atoms with Crippen molar-refractivity contribution in [3.63, 3.8) is 0 Å². The molecule has 1 saturated carbocycles. The number of fused-ring (bicyclic) bond motifs is 1. The molecule has 0 spiro atoms. The van der Waals surface area contributed by atoms with Gasteiger partial charge in [-0.15, -0.1) is 0 Å². The van der Waals surface area contributed by atoms with E-state index in [-0.39, 0.29) is 5.41 Å². The Labute approximate surface area is 185 Å². The van der Waals surface area contributed by atoms with Crippen LogP contribution < -0.4 is 0 Å². The molecule has 1 heterocycles. The number of piperazine rings is 1. The number of nitrogens with zero attached hydrogens (tertiary/aromatic N) is 2. The number of rotatable bonds is 6. The zero-order valence-corrected chi connectivity index (χ0v) is 18.5. The van der Waals surface area contributed by atoms with E-state index in [1.54, 1.807) is 0 Å². The molecule has 3 heteroatoms. The summed E-state index contributed by atoms with van der Waals surface area (Å²) in [7, 11) is 2.13. The third-order valence-electron chi connectivity index (χ3n) is 7.45. The Bertz CT molecular complexity index is 1050. The Hall–Kier alpha value is -2.65. The summed E-state index contributed by atoms with van der Waals surface area (Å²) in [6.07, 6.45) is 3.87. The smallest absolute Gasteiger partial charge is 0.222 e. The van der Waals surface area contributed by atoms with E-state index in [1.165, 1.54) is 28.3 Å². The van der Waals surface area contributed by atoms with Gasteiger partial charge in [-0.3, -0.25) is 4.79 Å². The normalized spacial score (nSPS) is 23.8. The second-order valence-corrected chi connectivity index (χ2v) is 9.57. The highest BCUT2D eigenvalue weighted by Crippen LogP contribution is 2.63. The van der Waals surface area contributed by atoms with Crippen LogP contribution in [0.3, 0.4) is 0 Å². The Kier molecular flexibility index (Phi) is 5.54. The van der Waals surface area contributed by atoms with Gasteiger partial charge in [-0.1, -0.05) is 72.8 Å². The van der Waals surface area contributed by atoms with Gasteiger partial charge in [-0.05, 0) is 59.5 Å². The van der Waals surface area contributed by atoms with Gasteiger partial charge in [0, 0.05) is 32.6 Å². The fraction of sp³-hybridized carbons (Fsp3) is 0.393. The lowest BCUT2D eigenvalue weighted by Crippen LogP contribution is -2.47. The topological polar surface area (TPSA) is 23.6 Å². The molecule has 0 radical (unpaired) electrons. The highest BCUT2D eigenvalue weighted by atomic mass is 16.2. The molecule has 2 fully saturated rings. The van der Waals surface area contributed by atoms with Crippen LogP contribution in [-0.4, -0.2) is 48.9 Å². The van der Waals surface area contributed by atoms with Gasteiger partial charge < -0.3 is 9.80 Å². The standard InChI is InChI=1S/C28H32N2O/c1-29-15-17-30(18-16-29)27(31)13-14-28(21-26(28)24-8-3-2-4-9-24)20-22-11-12-23-7-5-6-10-25(23)19-22/h2-12,19,26H,13-18,20-21H2,1H3/t26-,28-/m0/s1. The van der Waals surface area contributed by atoms with E-state index in [0.717, 1.165) is 39.0 Å². The Morgan fingerprint density at radius 3 is 2.39 bits per heavy atom. The van der Waals surface area contributed by atoms with Crippen molar-refractivity contribution in [3.05, 3.63) is 83.9 Å². The van der Waals surface area contributed by atoms with E-state index in [0.29, 0.717) is 18.2 Å². The predicted octanol–water partition coefficient (Wildman–Crippen LogP) is 5.11. The molecule has 5 rings (SSSR count). The van der Waals surface area contributed by atoms with Crippen molar-refractivity contribution < 1.29 is 4.79 Å². The minimum absolute atomic E-state index is 0.200. The minimum Gasteiger partial charge on any atom is -0.340 e. The lowest BCUT2D eigenvalue weighted by molar-refractivity contribution is -0.133. The summed E-state index contributed by atoms with van der Waals surface area (Å²) in [6.45, 7) is 3.71. The maximum atomic E-state index is 13.0. The van der Waals surface area contributed by atoms with Crippen molar-refractivity contribution in [3.8, 4) is 0 Å². The van der Waals surface area contributed by atoms with Crippen LogP contribution in [0.1, 0.15) is 36.3 Å². The Morgan fingerprint density at radius 1 is 0.903 bits per heavy atom. The summed E-state index contributed by atoms with van der Waals surface area (Å²) in [5.41, 5.74) is 3.02. The van der Waals surface area contributed by atoms with E-state index in [4.69, 9.17) is 0 Å². The molecule has 1 aliphatic heterocycles. The van der Waals surface area contributed by atoms with Crippen molar-refractivity contribution in [2.45, 2.75) is 31.6 Å². The summed E-state index contributed by atoms with van der Waals surface area (Å²) in [6, 6.07) is 26.4. The first-order valence-corrected chi connectivity index (χ1v) is 11.6. The molecule has 0 unspecified atom stereocenters. The summed E-state index contributed by atoms with van der Waals surface area (Å²) in [5, 5.41) is 2.60. The summed E-state index contributed by atoms with van der Waals surface area (Å²) >= 11 is 0. The van der Waals surface area contributed by atoms with Crippen molar-refractivity contribution in [2.75, 3.05) is 33.2 Å². The molecule has 2 atom stereocenters. The number of hydrogen-bond acceptors (Lipinski definition) is 2. The second kappa shape index (κ2) is 8.47. The summed E-state index contributed by atoms with van der Waals surface area (Å²) in [4.78, 5) is 17.3. The highest BCUT2D eigenvalue weighted by molar-refractivity contribution is 5.83. The first-order chi connectivity index (χ1) is 15.1. The molecule has 0 aromatic heterocycles. The van der Waals surface area contributed by atoms with Crippen LogP contribution in [0.15, 0.2) is 72.8 Å². The van der Waals surface area contributed by atoms with Gasteiger partial charge >= 0.3 is 0 Å².